The lowest BCUT2D eigenvalue weighted by Gasteiger charge is -2.14. The fourth-order valence-electron chi connectivity index (χ4n) is 8.53. The molecule has 4 aromatic heterocycles. The molecule has 0 amide bonds. The Hall–Kier alpha value is -2.13. The van der Waals surface area contributed by atoms with Gasteiger partial charge in [0.05, 0.1) is 34.1 Å². The summed E-state index contributed by atoms with van der Waals surface area (Å²) in [4.78, 5) is 16.3. The average Bonchev–Trinajstić information content (AvgIpc) is 4.09. The number of carbonyl (C=O) groups is 1. The van der Waals surface area contributed by atoms with Crippen molar-refractivity contribution in [3.8, 4) is 21.3 Å². The predicted molar refractivity (Wildman–Crippen MR) is 273 cm³/mol. The second-order valence-corrected chi connectivity index (χ2v) is 21.4. The Labute approximate surface area is 386 Å². The molecule has 0 N–H and O–H groups in total. The van der Waals surface area contributed by atoms with E-state index in [2.05, 4.69) is 49.7 Å². The highest BCUT2D eigenvalue weighted by atomic mass is 32.1. The van der Waals surface area contributed by atoms with Gasteiger partial charge in [-0.1, -0.05) is 194 Å². The quantitative estimate of drug-likeness (QED) is 0.0294. The van der Waals surface area contributed by atoms with Gasteiger partial charge < -0.3 is 14.2 Å². The van der Waals surface area contributed by atoms with Gasteiger partial charge in [0.2, 0.25) is 0 Å². The minimum Gasteiger partial charge on any atom is -0.491 e. The largest absolute Gasteiger partial charge is 0.491 e. The van der Waals surface area contributed by atoms with Crippen LogP contribution >= 0.6 is 45.3 Å². The van der Waals surface area contributed by atoms with Gasteiger partial charge in [-0.25, -0.2) is 4.79 Å². The third kappa shape index (κ3) is 16.7. The Kier molecular flexibility index (Phi) is 24.6. The topological polar surface area (TPSA) is 44.8 Å². The summed E-state index contributed by atoms with van der Waals surface area (Å²) in [5.74, 6) is 1.84. The first-order valence-corrected chi connectivity index (χ1v) is 28.5. The molecule has 340 valence electrons. The summed E-state index contributed by atoms with van der Waals surface area (Å²) < 4.78 is 22.9. The second kappa shape index (κ2) is 30.1. The summed E-state index contributed by atoms with van der Waals surface area (Å²) in [6.45, 7) is 8.83. The summed E-state index contributed by atoms with van der Waals surface area (Å²) in [7, 11) is 0. The normalized spacial score (nSPS) is 11.8. The minimum atomic E-state index is -0.185. The Morgan fingerprint density at radius 3 is 1.44 bits per heavy atom. The van der Waals surface area contributed by atoms with E-state index < -0.39 is 0 Å². The highest BCUT2D eigenvalue weighted by Gasteiger charge is 2.23. The van der Waals surface area contributed by atoms with Crippen LogP contribution in [0.2, 0.25) is 0 Å². The molecule has 5 rings (SSSR count). The van der Waals surface area contributed by atoms with Crippen LogP contribution in [0.3, 0.4) is 0 Å². The molecular weight excluding hydrogens is 829 g/mol. The van der Waals surface area contributed by atoms with E-state index >= 15 is 0 Å². The molecule has 0 saturated carbocycles. The van der Waals surface area contributed by atoms with Crippen LogP contribution in [0.4, 0.5) is 0 Å². The van der Waals surface area contributed by atoms with Crippen LogP contribution in [0.1, 0.15) is 223 Å². The third-order valence-electron chi connectivity index (χ3n) is 12.2. The van der Waals surface area contributed by atoms with Gasteiger partial charge in [-0.3, -0.25) is 0 Å². The molecule has 0 bridgehead atoms. The number of thiophene rings is 4. The highest BCUT2D eigenvalue weighted by molar-refractivity contribution is 7.29. The maximum Gasteiger partial charge on any atom is 0.348 e. The molecule has 0 atom stereocenters. The van der Waals surface area contributed by atoms with Crippen LogP contribution in [-0.4, -0.2) is 25.8 Å². The van der Waals surface area contributed by atoms with Gasteiger partial charge in [0.25, 0.3) is 0 Å². The Bertz CT molecular complexity index is 1830. The standard InChI is InChI=1S/C53H80O4S4/c1-4-7-10-13-16-19-22-25-28-31-35-55-48-42-34-38-58-51(42)49(56-36-32-29-26-23-20-17-14-11-8-5-2)44-40-45(61-52(44)48)50-43-39-46(60-47(43)41-59-50)53(54)57-37-33-30-27-24-21-18-15-12-9-6-3/h34,38-41H,4-33,35-37H2,1-3H3. The molecule has 5 aromatic rings. The van der Waals surface area contributed by atoms with Gasteiger partial charge in [0.1, 0.15) is 16.4 Å². The van der Waals surface area contributed by atoms with Crippen LogP contribution in [0.5, 0.6) is 11.5 Å². The summed E-state index contributed by atoms with van der Waals surface area (Å²) in [5, 5.41) is 7.89. The maximum absolute atomic E-state index is 13.2. The first-order chi connectivity index (χ1) is 30.2. The molecule has 0 unspecified atom stereocenters. The monoisotopic (exact) mass is 908 g/mol. The lowest BCUT2D eigenvalue weighted by molar-refractivity contribution is 0.0503. The van der Waals surface area contributed by atoms with Crippen molar-refractivity contribution in [3.63, 3.8) is 0 Å². The fourth-order valence-corrected chi connectivity index (χ4v) is 12.9. The molecule has 8 heteroatoms. The number of hydrogen-bond acceptors (Lipinski definition) is 8. The van der Waals surface area contributed by atoms with Crippen LogP contribution in [0, 0.1) is 0 Å². The van der Waals surface area contributed by atoms with E-state index in [0.717, 1.165) is 65.9 Å². The third-order valence-corrected chi connectivity index (χ3v) is 16.7. The molecule has 0 radical (unpaired) electrons. The SMILES string of the molecule is CCCCCCCCCCCCOC(=O)c1cc2c(-c3cc4c(OCCCCCCCCCCCC)c5sccc5c(OCCCCCCCCCCCC)c4s3)scc2s1. The first kappa shape index (κ1) is 49.9. The van der Waals surface area contributed by atoms with Gasteiger partial charge >= 0.3 is 5.97 Å². The van der Waals surface area contributed by atoms with E-state index in [9.17, 15) is 4.79 Å². The number of rotatable bonds is 37. The zero-order valence-corrected chi connectivity index (χ0v) is 41.8. The van der Waals surface area contributed by atoms with Crippen molar-refractivity contribution in [2.45, 2.75) is 213 Å². The number of hydrogen-bond donors (Lipinski definition) is 0. The van der Waals surface area contributed by atoms with E-state index in [4.69, 9.17) is 14.2 Å². The Morgan fingerprint density at radius 1 is 0.475 bits per heavy atom. The molecule has 61 heavy (non-hydrogen) atoms. The van der Waals surface area contributed by atoms with E-state index in [1.54, 1.807) is 34.0 Å². The zero-order valence-electron chi connectivity index (χ0n) is 38.5. The van der Waals surface area contributed by atoms with Crippen molar-refractivity contribution < 1.29 is 19.0 Å². The van der Waals surface area contributed by atoms with E-state index in [0.29, 0.717) is 11.5 Å². The summed E-state index contributed by atoms with van der Waals surface area (Å²) >= 11 is 6.92. The molecule has 0 spiro atoms. The first-order valence-electron chi connectivity index (χ1n) is 25.1. The highest BCUT2D eigenvalue weighted by Crippen LogP contribution is 2.52. The predicted octanol–water partition coefficient (Wildman–Crippen LogP) is 19.7. The van der Waals surface area contributed by atoms with Crippen LogP contribution in [0.25, 0.3) is 40.0 Å². The molecule has 0 fully saturated rings. The molecule has 0 aliphatic carbocycles. The van der Waals surface area contributed by atoms with Crippen molar-refractivity contribution >= 4 is 81.6 Å². The smallest absolute Gasteiger partial charge is 0.348 e. The summed E-state index contributed by atoms with van der Waals surface area (Å²) in [6.07, 6.45) is 39.0. The second-order valence-electron chi connectivity index (χ2n) is 17.5. The maximum atomic E-state index is 13.2. The number of fused-ring (bicyclic) bond motifs is 3. The molecule has 4 nitrogen and oxygen atoms in total. The molecule has 0 aliphatic rings. The van der Waals surface area contributed by atoms with E-state index in [1.165, 1.54) is 191 Å². The number of esters is 1. The lowest BCUT2D eigenvalue weighted by Crippen LogP contribution is -2.04. The van der Waals surface area contributed by atoms with Gasteiger partial charge in [-0.2, -0.15) is 0 Å². The van der Waals surface area contributed by atoms with Crippen molar-refractivity contribution in [2.75, 3.05) is 19.8 Å². The molecular formula is C53H80O4S4. The van der Waals surface area contributed by atoms with Crippen molar-refractivity contribution in [2.24, 2.45) is 0 Å². The lowest BCUT2D eigenvalue weighted by atomic mass is 10.1. The molecule has 1 aromatic carbocycles. The van der Waals surface area contributed by atoms with Gasteiger partial charge in [0, 0.05) is 31.1 Å². The Balaban J connectivity index is 1.21. The van der Waals surface area contributed by atoms with Gasteiger partial charge in [-0.15, -0.1) is 45.3 Å². The van der Waals surface area contributed by atoms with Crippen LogP contribution in [0.15, 0.2) is 29.0 Å². The Morgan fingerprint density at radius 2 is 0.934 bits per heavy atom. The molecule has 0 saturated heterocycles. The van der Waals surface area contributed by atoms with Crippen LogP contribution in [-0.2, 0) is 4.74 Å². The summed E-state index contributed by atoms with van der Waals surface area (Å²) in [5.41, 5.74) is 0. The molecule has 0 aliphatic heterocycles. The number of ether oxygens (including phenoxy) is 3. The van der Waals surface area contributed by atoms with Crippen LogP contribution < -0.4 is 9.47 Å². The number of benzene rings is 1. The molecule has 4 heterocycles. The van der Waals surface area contributed by atoms with Crippen molar-refractivity contribution in [1.29, 1.82) is 0 Å². The van der Waals surface area contributed by atoms with E-state index in [1.807, 2.05) is 11.3 Å². The number of unbranched alkanes of at least 4 members (excludes halogenated alkanes) is 27. The minimum absolute atomic E-state index is 0.185. The van der Waals surface area contributed by atoms with Gasteiger partial charge in [-0.05, 0) is 42.8 Å². The van der Waals surface area contributed by atoms with Crippen molar-refractivity contribution in [3.05, 3.63) is 33.8 Å². The number of carbonyl (C=O) groups excluding carboxylic acids is 1. The van der Waals surface area contributed by atoms with E-state index in [-0.39, 0.29) is 5.97 Å². The van der Waals surface area contributed by atoms with Crippen molar-refractivity contribution in [1.82, 2.24) is 0 Å². The average molecular weight is 909 g/mol. The fraction of sp³-hybridized carbons (Fsp3) is 0.679. The summed E-state index contributed by atoms with van der Waals surface area (Å²) in [6, 6.07) is 6.64. The zero-order chi connectivity index (χ0) is 42.7. The van der Waals surface area contributed by atoms with Gasteiger partial charge in [0.15, 0.2) is 0 Å².